The van der Waals surface area contributed by atoms with Gasteiger partial charge in [0.05, 0.1) is 33.5 Å². The first-order valence-corrected chi connectivity index (χ1v) is 7.04. The Morgan fingerprint density at radius 3 is 2.32 bits per heavy atom. The van der Waals surface area contributed by atoms with Gasteiger partial charge >= 0.3 is 13.2 Å². The number of anilines is 1. The number of nitrogens with zero attached hydrogens (tertiary/aromatic N) is 1. The molecule has 1 fully saturated rings. The molecule has 0 saturated carbocycles. The summed E-state index contributed by atoms with van der Waals surface area (Å²) in [7, 11) is -0.778. The molecule has 0 unspecified atom stereocenters. The lowest BCUT2D eigenvalue weighted by Gasteiger charge is -2.32. The van der Waals surface area contributed by atoms with E-state index in [-0.39, 0.29) is 16.3 Å². The smallest absolute Gasteiger partial charge is 0.465 e. The van der Waals surface area contributed by atoms with E-state index in [4.69, 9.17) is 31.3 Å². The van der Waals surface area contributed by atoms with Crippen LogP contribution in [0.5, 0.6) is 0 Å². The van der Waals surface area contributed by atoms with Gasteiger partial charge in [0, 0.05) is 5.46 Å². The maximum atomic E-state index is 10.8. The Balaban J connectivity index is 2.48. The highest BCUT2D eigenvalue weighted by atomic mass is 35.5. The first-order chi connectivity index (χ1) is 10.1. The number of benzene rings is 1. The summed E-state index contributed by atoms with van der Waals surface area (Å²) in [5.74, 6) is 0. The predicted molar refractivity (Wildman–Crippen MR) is 83.5 cm³/mol. The van der Waals surface area contributed by atoms with Crippen LogP contribution in [0.4, 0.5) is 10.5 Å². The summed E-state index contributed by atoms with van der Waals surface area (Å²) in [5, 5.41) is 20.3. The molecule has 0 atom stereocenters. The fourth-order valence-corrected chi connectivity index (χ4v) is 2.30. The average molecular weight is 323 g/mol. The minimum atomic E-state index is -1.27. The highest BCUT2D eigenvalue weighted by molar-refractivity contribution is 6.66. The van der Waals surface area contributed by atoms with Gasteiger partial charge in [0.2, 0.25) is 0 Å². The standard InChI is InChI=1S/C14H16BClN2O4/c1-13(2)14(3,4)22-15(21-13)9-5-8(7-17)6-10(11(9)16)18-12(19)20/h5-6,18H,1-4H3,(H,19,20). The molecule has 1 aromatic carbocycles. The van der Waals surface area contributed by atoms with Crippen molar-refractivity contribution >= 4 is 36.0 Å². The van der Waals surface area contributed by atoms with Gasteiger partial charge in [-0.15, -0.1) is 0 Å². The van der Waals surface area contributed by atoms with Crippen LogP contribution in [0.1, 0.15) is 33.3 Å². The van der Waals surface area contributed by atoms with Crippen LogP contribution in [-0.4, -0.2) is 29.5 Å². The summed E-state index contributed by atoms with van der Waals surface area (Å²) in [6, 6.07) is 4.88. The number of nitrogens with one attached hydrogen (secondary N) is 1. The molecule has 1 heterocycles. The second-order valence-corrected chi connectivity index (χ2v) is 6.44. The van der Waals surface area contributed by atoms with Gasteiger partial charge in [0.1, 0.15) is 0 Å². The molecule has 1 aliphatic heterocycles. The molecule has 0 aromatic heterocycles. The normalized spacial score (nSPS) is 18.8. The van der Waals surface area contributed by atoms with Crippen LogP contribution < -0.4 is 10.8 Å². The molecule has 8 heteroatoms. The van der Waals surface area contributed by atoms with E-state index in [1.165, 1.54) is 12.1 Å². The lowest BCUT2D eigenvalue weighted by atomic mass is 9.78. The number of halogens is 1. The van der Waals surface area contributed by atoms with Crippen LogP contribution in [0.3, 0.4) is 0 Å². The molecule has 0 radical (unpaired) electrons. The highest BCUT2D eigenvalue weighted by Crippen LogP contribution is 2.37. The Hall–Kier alpha value is -1.75. The summed E-state index contributed by atoms with van der Waals surface area (Å²) < 4.78 is 11.8. The second kappa shape index (κ2) is 5.47. The average Bonchev–Trinajstić information content (AvgIpc) is 2.60. The van der Waals surface area contributed by atoms with E-state index in [0.29, 0.717) is 5.46 Å². The van der Waals surface area contributed by atoms with Crippen LogP contribution >= 0.6 is 11.6 Å². The Morgan fingerprint density at radius 1 is 1.32 bits per heavy atom. The number of carbonyl (C=O) groups is 1. The van der Waals surface area contributed by atoms with Crippen molar-refractivity contribution in [3.05, 3.63) is 22.7 Å². The molecule has 22 heavy (non-hydrogen) atoms. The van der Waals surface area contributed by atoms with Gasteiger partial charge in [-0.3, -0.25) is 5.32 Å². The maximum Gasteiger partial charge on any atom is 0.496 e. The van der Waals surface area contributed by atoms with E-state index in [2.05, 4.69) is 5.32 Å². The van der Waals surface area contributed by atoms with Crippen molar-refractivity contribution in [1.82, 2.24) is 0 Å². The van der Waals surface area contributed by atoms with Crippen molar-refractivity contribution in [2.75, 3.05) is 5.32 Å². The van der Waals surface area contributed by atoms with Crippen LogP contribution in [0, 0.1) is 11.3 Å². The topological polar surface area (TPSA) is 91.6 Å². The number of hydrogen-bond acceptors (Lipinski definition) is 4. The lowest BCUT2D eigenvalue weighted by molar-refractivity contribution is 0.00578. The maximum absolute atomic E-state index is 10.8. The molecule has 116 valence electrons. The van der Waals surface area contributed by atoms with Gasteiger partial charge in [-0.25, -0.2) is 4.79 Å². The fourth-order valence-electron chi connectivity index (χ4n) is 2.06. The number of rotatable bonds is 2. The summed E-state index contributed by atoms with van der Waals surface area (Å²) in [4.78, 5) is 10.8. The van der Waals surface area contributed by atoms with E-state index in [9.17, 15) is 4.79 Å². The van der Waals surface area contributed by atoms with Gasteiger partial charge in [-0.05, 0) is 39.8 Å². The molecular weight excluding hydrogens is 306 g/mol. The van der Waals surface area contributed by atoms with Crippen molar-refractivity contribution in [3.63, 3.8) is 0 Å². The molecule has 0 bridgehead atoms. The molecule has 1 saturated heterocycles. The quantitative estimate of drug-likeness (QED) is 0.817. The number of amides is 1. The third-order valence-electron chi connectivity index (χ3n) is 3.98. The van der Waals surface area contributed by atoms with Crippen LogP contribution in [-0.2, 0) is 9.31 Å². The summed E-state index contributed by atoms with van der Waals surface area (Å²) >= 11 is 6.25. The monoisotopic (exact) mass is 322 g/mol. The summed E-state index contributed by atoms with van der Waals surface area (Å²) in [6.45, 7) is 7.58. The third kappa shape index (κ3) is 2.90. The van der Waals surface area contributed by atoms with Crippen molar-refractivity contribution in [3.8, 4) is 6.07 Å². The Labute approximate surface area is 134 Å². The Bertz CT molecular complexity index is 654. The van der Waals surface area contributed by atoms with Crippen molar-refractivity contribution in [2.45, 2.75) is 38.9 Å². The van der Waals surface area contributed by atoms with E-state index in [1.54, 1.807) is 0 Å². The van der Waals surface area contributed by atoms with E-state index < -0.39 is 24.4 Å². The minimum Gasteiger partial charge on any atom is -0.465 e. The molecule has 0 spiro atoms. The molecule has 6 nitrogen and oxygen atoms in total. The van der Waals surface area contributed by atoms with E-state index in [0.717, 1.165) is 0 Å². The molecule has 0 aliphatic carbocycles. The SMILES string of the molecule is CC1(C)OB(c2cc(C#N)cc(NC(=O)O)c2Cl)OC1(C)C. The van der Waals surface area contributed by atoms with Crippen molar-refractivity contribution in [2.24, 2.45) is 0 Å². The van der Waals surface area contributed by atoms with Crippen molar-refractivity contribution < 1.29 is 19.2 Å². The summed E-state index contributed by atoms with van der Waals surface area (Å²) in [5.41, 5.74) is -0.326. The predicted octanol–water partition coefficient (Wildman–Crippen LogP) is 2.60. The number of hydrogen-bond donors (Lipinski definition) is 2. The third-order valence-corrected chi connectivity index (χ3v) is 4.40. The zero-order chi connectivity index (χ0) is 16.7. The van der Waals surface area contributed by atoms with Gasteiger partial charge in [0.25, 0.3) is 0 Å². The zero-order valence-electron chi connectivity index (χ0n) is 12.7. The van der Waals surface area contributed by atoms with Gasteiger partial charge < -0.3 is 14.4 Å². The fraction of sp³-hybridized carbons (Fsp3) is 0.429. The molecular formula is C14H16BClN2O4. The minimum absolute atomic E-state index is 0.123. The Morgan fingerprint density at radius 2 is 1.86 bits per heavy atom. The largest absolute Gasteiger partial charge is 0.496 e. The lowest BCUT2D eigenvalue weighted by Crippen LogP contribution is -2.41. The summed E-state index contributed by atoms with van der Waals surface area (Å²) in [6.07, 6.45) is -1.27. The van der Waals surface area contributed by atoms with E-state index >= 15 is 0 Å². The molecule has 1 amide bonds. The molecule has 2 rings (SSSR count). The van der Waals surface area contributed by atoms with Crippen LogP contribution in [0.15, 0.2) is 12.1 Å². The number of nitriles is 1. The van der Waals surface area contributed by atoms with Gasteiger partial charge in [0.15, 0.2) is 0 Å². The molecule has 1 aliphatic rings. The second-order valence-electron chi connectivity index (χ2n) is 6.06. The van der Waals surface area contributed by atoms with E-state index in [1.807, 2.05) is 33.8 Å². The molecule has 2 N–H and O–H groups in total. The molecule has 1 aromatic rings. The first kappa shape index (κ1) is 16.6. The van der Waals surface area contributed by atoms with Crippen molar-refractivity contribution in [1.29, 1.82) is 5.26 Å². The van der Waals surface area contributed by atoms with Crippen LogP contribution in [0.25, 0.3) is 0 Å². The zero-order valence-corrected chi connectivity index (χ0v) is 13.5. The Kier molecular flexibility index (Phi) is 4.13. The highest BCUT2D eigenvalue weighted by Gasteiger charge is 2.52. The number of carboxylic acid groups (broad SMARTS) is 1. The first-order valence-electron chi connectivity index (χ1n) is 6.66. The van der Waals surface area contributed by atoms with Gasteiger partial charge in [-0.2, -0.15) is 5.26 Å². The van der Waals surface area contributed by atoms with Gasteiger partial charge in [-0.1, -0.05) is 11.6 Å². The van der Waals surface area contributed by atoms with Crippen LogP contribution in [0.2, 0.25) is 5.02 Å².